The second kappa shape index (κ2) is 9.47. The van der Waals surface area contributed by atoms with E-state index in [1.54, 1.807) is 38.5 Å². The SMILES string of the molecule is COc1ccc(CN2C(=O)C(O)(CC(=O)c3c(C)cc(C)cc3C)c3cc(Br)ccc32)cc1OC. The van der Waals surface area contributed by atoms with Crippen LogP contribution in [0.4, 0.5) is 5.69 Å². The lowest BCUT2D eigenvalue weighted by Crippen LogP contribution is -2.41. The average Bonchev–Trinajstić information content (AvgIpc) is 2.99. The molecule has 1 unspecified atom stereocenters. The monoisotopic (exact) mass is 537 g/mol. The highest BCUT2D eigenvalue weighted by atomic mass is 79.9. The van der Waals surface area contributed by atoms with Crippen LogP contribution < -0.4 is 14.4 Å². The molecule has 4 rings (SSSR count). The lowest BCUT2D eigenvalue weighted by Gasteiger charge is -2.24. The number of carbonyl (C=O) groups excluding carboxylic acids is 2. The Morgan fingerprint density at radius 2 is 1.63 bits per heavy atom. The van der Waals surface area contributed by atoms with Crippen LogP contribution >= 0.6 is 15.9 Å². The average molecular weight is 538 g/mol. The molecule has 1 N–H and O–H groups in total. The normalized spacial score (nSPS) is 16.9. The van der Waals surface area contributed by atoms with Crippen molar-refractivity contribution in [1.29, 1.82) is 0 Å². The minimum Gasteiger partial charge on any atom is -0.493 e. The van der Waals surface area contributed by atoms with Gasteiger partial charge in [-0.15, -0.1) is 0 Å². The fourth-order valence-corrected chi connectivity index (χ4v) is 5.31. The minimum absolute atomic E-state index is 0.201. The molecule has 0 saturated carbocycles. The molecule has 1 aliphatic heterocycles. The van der Waals surface area contributed by atoms with E-state index >= 15 is 0 Å². The number of methoxy groups -OCH3 is 2. The number of fused-ring (bicyclic) bond motifs is 1. The number of Topliss-reactive ketones (excluding diaryl/α,β-unsaturated/α-hetero) is 1. The number of nitrogens with zero attached hydrogens (tertiary/aromatic N) is 1. The van der Waals surface area contributed by atoms with Gasteiger partial charge in [0.2, 0.25) is 0 Å². The molecule has 6 nitrogen and oxygen atoms in total. The first-order valence-corrected chi connectivity index (χ1v) is 12.0. The fourth-order valence-electron chi connectivity index (χ4n) is 4.95. The summed E-state index contributed by atoms with van der Waals surface area (Å²) in [5.74, 6) is 0.327. The zero-order valence-electron chi connectivity index (χ0n) is 20.4. The lowest BCUT2D eigenvalue weighted by atomic mass is 9.85. The quantitative estimate of drug-likeness (QED) is 0.408. The number of benzene rings is 3. The Hall–Kier alpha value is -3.16. The van der Waals surface area contributed by atoms with Crippen LogP contribution in [0.1, 0.15) is 44.6 Å². The summed E-state index contributed by atoms with van der Waals surface area (Å²) in [6.07, 6.45) is -0.345. The summed E-state index contributed by atoms with van der Waals surface area (Å²) in [4.78, 5) is 28.7. The smallest absolute Gasteiger partial charge is 0.264 e. The van der Waals surface area contributed by atoms with Gasteiger partial charge in [-0.05, 0) is 67.8 Å². The maximum Gasteiger partial charge on any atom is 0.264 e. The summed E-state index contributed by atoms with van der Waals surface area (Å²) in [5, 5.41) is 11.8. The van der Waals surface area contributed by atoms with Crippen molar-refractivity contribution in [1.82, 2.24) is 0 Å². The molecule has 0 radical (unpaired) electrons. The lowest BCUT2D eigenvalue weighted by molar-refractivity contribution is -0.136. The van der Waals surface area contributed by atoms with Crippen molar-refractivity contribution in [2.75, 3.05) is 19.1 Å². The van der Waals surface area contributed by atoms with E-state index in [1.165, 1.54) is 4.90 Å². The largest absolute Gasteiger partial charge is 0.493 e. The summed E-state index contributed by atoms with van der Waals surface area (Å²) >= 11 is 3.44. The van der Waals surface area contributed by atoms with E-state index in [-0.39, 0.29) is 18.7 Å². The highest BCUT2D eigenvalue weighted by Crippen LogP contribution is 2.45. The fraction of sp³-hybridized carbons (Fsp3) is 0.286. The summed E-state index contributed by atoms with van der Waals surface area (Å²) in [6, 6.07) is 14.6. The maximum absolute atomic E-state index is 13.7. The number of rotatable bonds is 7. The van der Waals surface area contributed by atoms with E-state index in [4.69, 9.17) is 9.47 Å². The number of aliphatic hydroxyl groups is 1. The summed E-state index contributed by atoms with van der Waals surface area (Å²) < 4.78 is 11.4. The Morgan fingerprint density at radius 1 is 0.971 bits per heavy atom. The van der Waals surface area contributed by atoms with Gasteiger partial charge in [-0.1, -0.05) is 39.7 Å². The van der Waals surface area contributed by atoms with Crippen LogP contribution in [-0.4, -0.2) is 31.0 Å². The van der Waals surface area contributed by atoms with Gasteiger partial charge in [-0.2, -0.15) is 0 Å². The zero-order valence-corrected chi connectivity index (χ0v) is 22.0. The summed E-state index contributed by atoms with van der Waals surface area (Å²) in [6.45, 7) is 5.93. The number of halogens is 1. The molecular formula is C28H28BrNO5. The summed E-state index contributed by atoms with van der Waals surface area (Å²) in [5.41, 5.74) is 3.07. The van der Waals surface area contributed by atoms with Gasteiger partial charge in [0.15, 0.2) is 22.9 Å². The number of ketones is 1. The predicted molar refractivity (Wildman–Crippen MR) is 138 cm³/mol. The second-order valence-corrected chi connectivity index (χ2v) is 9.89. The maximum atomic E-state index is 13.7. The van der Waals surface area contributed by atoms with Crippen LogP contribution in [0.15, 0.2) is 53.0 Å². The molecule has 0 bridgehead atoms. The standard InChI is InChI=1S/C28H28BrNO5/c1-16-10-17(2)26(18(3)11-16)23(31)14-28(33)21-13-20(29)7-8-22(21)30(27(28)32)15-19-6-9-24(34-4)25(12-19)35-5/h6-13,33H,14-15H2,1-5H3. The number of hydrogen-bond acceptors (Lipinski definition) is 5. The second-order valence-electron chi connectivity index (χ2n) is 8.98. The molecule has 3 aromatic rings. The van der Waals surface area contributed by atoms with Gasteiger partial charge in [0.05, 0.1) is 32.9 Å². The van der Waals surface area contributed by atoms with Gasteiger partial charge in [0, 0.05) is 15.6 Å². The molecule has 0 spiro atoms. The van der Waals surface area contributed by atoms with Crippen molar-refractivity contribution < 1.29 is 24.2 Å². The molecule has 3 aromatic carbocycles. The molecule has 7 heteroatoms. The third-order valence-electron chi connectivity index (χ3n) is 6.45. The topological polar surface area (TPSA) is 76.1 Å². The van der Waals surface area contributed by atoms with Gasteiger partial charge in [-0.3, -0.25) is 9.59 Å². The first-order valence-electron chi connectivity index (χ1n) is 11.3. The van der Waals surface area contributed by atoms with E-state index in [9.17, 15) is 14.7 Å². The van der Waals surface area contributed by atoms with Gasteiger partial charge in [-0.25, -0.2) is 0 Å². The van der Waals surface area contributed by atoms with Crippen molar-refractivity contribution >= 4 is 33.3 Å². The van der Waals surface area contributed by atoms with E-state index in [1.807, 2.05) is 45.0 Å². The molecule has 1 aliphatic rings. The van der Waals surface area contributed by atoms with Crippen LogP contribution in [0, 0.1) is 20.8 Å². The Kier molecular flexibility index (Phi) is 6.75. The van der Waals surface area contributed by atoms with E-state index in [0.29, 0.717) is 32.8 Å². The highest BCUT2D eigenvalue weighted by molar-refractivity contribution is 9.10. The van der Waals surface area contributed by atoms with Crippen LogP contribution in [0.25, 0.3) is 0 Å². The minimum atomic E-state index is -1.98. The number of carbonyl (C=O) groups is 2. The van der Waals surface area contributed by atoms with Gasteiger partial charge in [0.1, 0.15) is 0 Å². The van der Waals surface area contributed by atoms with Crippen molar-refractivity contribution in [2.45, 2.75) is 39.3 Å². The molecule has 35 heavy (non-hydrogen) atoms. The number of amides is 1. The Labute approximate surface area is 213 Å². The van der Waals surface area contributed by atoms with E-state index in [0.717, 1.165) is 22.3 Å². The van der Waals surface area contributed by atoms with Crippen LogP contribution in [-0.2, 0) is 16.9 Å². The predicted octanol–water partition coefficient (Wildman–Crippen LogP) is 5.40. The molecular weight excluding hydrogens is 510 g/mol. The molecule has 182 valence electrons. The zero-order chi connectivity index (χ0) is 25.5. The van der Waals surface area contributed by atoms with E-state index < -0.39 is 11.5 Å². The van der Waals surface area contributed by atoms with Crippen molar-refractivity contribution in [2.24, 2.45) is 0 Å². The van der Waals surface area contributed by atoms with Gasteiger partial charge in [0.25, 0.3) is 5.91 Å². The van der Waals surface area contributed by atoms with Crippen LogP contribution in [0.3, 0.4) is 0 Å². The van der Waals surface area contributed by atoms with Gasteiger partial charge < -0.3 is 19.5 Å². The molecule has 1 amide bonds. The first kappa shape index (κ1) is 24.9. The Balaban J connectivity index is 1.72. The van der Waals surface area contributed by atoms with Crippen molar-refractivity contribution in [3.63, 3.8) is 0 Å². The Bertz CT molecular complexity index is 1310. The third kappa shape index (κ3) is 4.46. The van der Waals surface area contributed by atoms with E-state index in [2.05, 4.69) is 15.9 Å². The van der Waals surface area contributed by atoms with Crippen molar-refractivity contribution in [3.8, 4) is 11.5 Å². The highest BCUT2D eigenvalue weighted by Gasteiger charge is 2.51. The molecule has 0 saturated heterocycles. The molecule has 0 aliphatic carbocycles. The first-order chi connectivity index (χ1) is 16.6. The molecule has 0 aromatic heterocycles. The number of hydrogen-bond donors (Lipinski definition) is 1. The van der Waals surface area contributed by atoms with Gasteiger partial charge >= 0.3 is 0 Å². The number of ether oxygens (including phenoxy) is 2. The third-order valence-corrected chi connectivity index (χ3v) is 6.95. The number of aryl methyl sites for hydroxylation is 3. The number of anilines is 1. The van der Waals surface area contributed by atoms with Crippen LogP contribution in [0.5, 0.6) is 11.5 Å². The molecule has 1 heterocycles. The Morgan fingerprint density at radius 3 is 2.26 bits per heavy atom. The van der Waals surface area contributed by atoms with Crippen LogP contribution in [0.2, 0.25) is 0 Å². The summed E-state index contributed by atoms with van der Waals surface area (Å²) in [7, 11) is 3.11. The van der Waals surface area contributed by atoms with Crippen molar-refractivity contribution in [3.05, 3.63) is 86.4 Å². The molecule has 1 atom stereocenters. The molecule has 0 fully saturated rings.